The molecule has 1 fully saturated rings. The van der Waals surface area contributed by atoms with Crippen LogP contribution in [0.4, 0.5) is 0 Å². The van der Waals surface area contributed by atoms with Crippen molar-refractivity contribution < 1.29 is 14.6 Å². The van der Waals surface area contributed by atoms with Gasteiger partial charge in [-0.2, -0.15) is 0 Å². The lowest BCUT2D eigenvalue weighted by Gasteiger charge is -2.26. The minimum atomic E-state index is -0.697. The number of nitrogens with one attached hydrogen (secondary N) is 1. The minimum Gasteiger partial charge on any atom is -0.481 e. The number of carboxylic acids is 1. The summed E-state index contributed by atoms with van der Waals surface area (Å²) in [5.74, 6) is -0.697. The maximum absolute atomic E-state index is 10.3. The monoisotopic (exact) mass is 244 g/mol. The molecule has 5 heteroatoms. The summed E-state index contributed by atoms with van der Waals surface area (Å²) in [5.41, 5.74) is 0. The van der Waals surface area contributed by atoms with Gasteiger partial charge in [-0.3, -0.25) is 9.69 Å². The van der Waals surface area contributed by atoms with Crippen LogP contribution in [0.5, 0.6) is 0 Å². The highest BCUT2D eigenvalue weighted by Crippen LogP contribution is 1.97. The molecule has 0 aromatic carbocycles. The zero-order valence-corrected chi connectivity index (χ0v) is 10.5. The molecule has 100 valence electrons. The fourth-order valence-electron chi connectivity index (χ4n) is 1.90. The lowest BCUT2D eigenvalue weighted by atomic mass is 10.2. The number of carboxylic acid groups (broad SMARTS) is 1. The van der Waals surface area contributed by atoms with Crippen molar-refractivity contribution in [1.29, 1.82) is 0 Å². The largest absolute Gasteiger partial charge is 0.481 e. The first-order valence-corrected chi connectivity index (χ1v) is 6.51. The Hall–Kier alpha value is -0.650. The normalized spacial score (nSPS) is 17.2. The second-order valence-electron chi connectivity index (χ2n) is 4.41. The highest BCUT2D eigenvalue weighted by molar-refractivity contribution is 5.66. The standard InChI is InChI=1S/C12H24N2O3/c15-12(16)4-1-2-5-13-6-3-7-14-8-10-17-11-9-14/h13H,1-11H2,(H,15,16). The van der Waals surface area contributed by atoms with Gasteiger partial charge in [0.1, 0.15) is 0 Å². The van der Waals surface area contributed by atoms with Gasteiger partial charge in [0.15, 0.2) is 0 Å². The third-order valence-corrected chi connectivity index (χ3v) is 2.93. The Morgan fingerprint density at radius 3 is 2.59 bits per heavy atom. The van der Waals surface area contributed by atoms with Crippen LogP contribution in [0.3, 0.4) is 0 Å². The molecule has 1 heterocycles. The van der Waals surface area contributed by atoms with Crippen molar-refractivity contribution in [3.05, 3.63) is 0 Å². The molecule has 0 aromatic heterocycles. The predicted octanol–water partition coefficient (Wildman–Crippen LogP) is 0.553. The Morgan fingerprint density at radius 1 is 1.18 bits per heavy atom. The van der Waals surface area contributed by atoms with Gasteiger partial charge in [0, 0.05) is 19.5 Å². The Bertz CT molecular complexity index is 206. The molecular weight excluding hydrogens is 220 g/mol. The zero-order chi connectivity index (χ0) is 12.3. The topological polar surface area (TPSA) is 61.8 Å². The Balaban J connectivity index is 1.79. The summed E-state index contributed by atoms with van der Waals surface area (Å²) in [5, 5.41) is 11.8. The lowest BCUT2D eigenvalue weighted by molar-refractivity contribution is -0.137. The number of hydrogen-bond acceptors (Lipinski definition) is 4. The van der Waals surface area contributed by atoms with Crippen molar-refractivity contribution in [2.24, 2.45) is 0 Å². The summed E-state index contributed by atoms with van der Waals surface area (Å²) >= 11 is 0. The van der Waals surface area contributed by atoms with Crippen molar-refractivity contribution in [2.45, 2.75) is 25.7 Å². The third-order valence-electron chi connectivity index (χ3n) is 2.93. The Morgan fingerprint density at radius 2 is 1.88 bits per heavy atom. The molecule has 0 atom stereocenters. The van der Waals surface area contributed by atoms with Gasteiger partial charge in [0.05, 0.1) is 13.2 Å². The van der Waals surface area contributed by atoms with Gasteiger partial charge < -0.3 is 15.2 Å². The Kier molecular flexibility index (Phi) is 7.96. The van der Waals surface area contributed by atoms with Crippen molar-refractivity contribution in [3.8, 4) is 0 Å². The van der Waals surface area contributed by atoms with Crippen LogP contribution in [0.25, 0.3) is 0 Å². The summed E-state index contributed by atoms with van der Waals surface area (Å²) < 4.78 is 5.29. The van der Waals surface area contributed by atoms with E-state index in [2.05, 4.69) is 10.2 Å². The van der Waals surface area contributed by atoms with Gasteiger partial charge in [-0.25, -0.2) is 0 Å². The second-order valence-corrected chi connectivity index (χ2v) is 4.41. The number of aliphatic carboxylic acids is 1. The number of carbonyl (C=O) groups is 1. The first kappa shape index (κ1) is 14.4. The molecule has 1 saturated heterocycles. The Labute approximate surface area is 103 Å². The van der Waals surface area contributed by atoms with E-state index in [1.54, 1.807) is 0 Å². The molecule has 2 N–H and O–H groups in total. The number of ether oxygens (including phenoxy) is 1. The van der Waals surface area contributed by atoms with Crippen LogP contribution in [0.15, 0.2) is 0 Å². The fourth-order valence-corrected chi connectivity index (χ4v) is 1.90. The molecule has 0 aliphatic carbocycles. The smallest absolute Gasteiger partial charge is 0.303 e. The van der Waals surface area contributed by atoms with E-state index < -0.39 is 5.97 Å². The molecule has 0 bridgehead atoms. The molecule has 1 rings (SSSR count). The van der Waals surface area contributed by atoms with E-state index in [4.69, 9.17) is 9.84 Å². The van der Waals surface area contributed by atoms with Crippen LogP contribution in [0, 0.1) is 0 Å². The molecular formula is C12H24N2O3. The summed E-state index contributed by atoms with van der Waals surface area (Å²) in [6.07, 6.45) is 3.16. The van der Waals surface area contributed by atoms with Crippen molar-refractivity contribution >= 4 is 5.97 Å². The molecule has 0 saturated carbocycles. The lowest BCUT2D eigenvalue weighted by Crippen LogP contribution is -2.37. The molecule has 0 unspecified atom stereocenters. The number of unbranched alkanes of at least 4 members (excludes halogenated alkanes) is 1. The van der Waals surface area contributed by atoms with Crippen LogP contribution in [0.2, 0.25) is 0 Å². The summed E-state index contributed by atoms with van der Waals surface area (Å²) in [6, 6.07) is 0. The first-order valence-electron chi connectivity index (χ1n) is 6.51. The van der Waals surface area contributed by atoms with Gasteiger partial charge in [-0.15, -0.1) is 0 Å². The second kappa shape index (κ2) is 9.39. The highest BCUT2D eigenvalue weighted by atomic mass is 16.5. The average molecular weight is 244 g/mol. The third kappa shape index (κ3) is 8.12. The van der Waals surface area contributed by atoms with E-state index in [-0.39, 0.29) is 6.42 Å². The van der Waals surface area contributed by atoms with Crippen LogP contribution in [0.1, 0.15) is 25.7 Å². The van der Waals surface area contributed by atoms with Crippen molar-refractivity contribution in [3.63, 3.8) is 0 Å². The molecule has 1 aliphatic rings. The van der Waals surface area contributed by atoms with Gasteiger partial charge in [-0.1, -0.05) is 0 Å². The molecule has 0 amide bonds. The van der Waals surface area contributed by atoms with E-state index in [9.17, 15) is 4.79 Å². The van der Waals surface area contributed by atoms with Crippen LogP contribution >= 0.6 is 0 Å². The quantitative estimate of drug-likeness (QED) is 0.580. The SMILES string of the molecule is O=C(O)CCCCNCCCN1CCOCC1. The van der Waals surface area contributed by atoms with Gasteiger partial charge in [0.25, 0.3) is 0 Å². The summed E-state index contributed by atoms with van der Waals surface area (Å²) in [6.45, 7) is 6.91. The highest BCUT2D eigenvalue weighted by Gasteiger charge is 2.08. The zero-order valence-electron chi connectivity index (χ0n) is 10.5. The van der Waals surface area contributed by atoms with Gasteiger partial charge in [-0.05, 0) is 38.9 Å². The predicted molar refractivity (Wildman–Crippen MR) is 66.2 cm³/mol. The van der Waals surface area contributed by atoms with E-state index in [0.717, 1.165) is 65.2 Å². The number of nitrogens with zero attached hydrogens (tertiary/aromatic N) is 1. The number of rotatable bonds is 9. The van der Waals surface area contributed by atoms with E-state index in [1.165, 1.54) is 0 Å². The molecule has 0 aromatic rings. The fraction of sp³-hybridized carbons (Fsp3) is 0.917. The summed E-state index contributed by atoms with van der Waals surface area (Å²) in [4.78, 5) is 12.7. The average Bonchev–Trinajstić information content (AvgIpc) is 2.33. The van der Waals surface area contributed by atoms with Crippen molar-refractivity contribution in [1.82, 2.24) is 10.2 Å². The maximum atomic E-state index is 10.3. The summed E-state index contributed by atoms with van der Waals surface area (Å²) in [7, 11) is 0. The van der Waals surface area contributed by atoms with E-state index in [0.29, 0.717) is 0 Å². The molecule has 0 radical (unpaired) electrons. The first-order chi connectivity index (χ1) is 8.29. The maximum Gasteiger partial charge on any atom is 0.303 e. The van der Waals surface area contributed by atoms with Gasteiger partial charge >= 0.3 is 5.97 Å². The number of hydrogen-bond donors (Lipinski definition) is 2. The van der Waals surface area contributed by atoms with Gasteiger partial charge in [0.2, 0.25) is 0 Å². The number of morpholine rings is 1. The van der Waals surface area contributed by atoms with E-state index in [1.807, 2.05) is 0 Å². The molecule has 5 nitrogen and oxygen atoms in total. The van der Waals surface area contributed by atoms with Crippen LogP contribution in [-0.4, -0.2) is 61.9 Å². The van der Waals surface area contributed by atoms with E-state index >= 15 is 0 Å². The van der Waals surface area contributed by atoms with Crippen molar-refractivity contribution in [2.75, 3.05) is 45.9 Å². The molecule has 17 heavy (non-hydrogen) atoms. The molecule has 0 spiro atoms. The van der Waals surface area contributed by atoms with Crippen LogP contribution in [-0.2, 0) is 9.53 Å². The molecule has 1 aliphatic heterocycles. The minimum absolute atomic E-state index is 0.287. The van der Waals surface area contributed by atoms with Crippen LogP contribution < -0.4 is 5.32 Å².